The summed E-state index contributed by atoms with van der Waals surface area (Å²) in [5, 5.41) is 3.58. The molecular formula is C15H24ClNO. The van der Waals surface area contributed by atoms with Gasteiger partial charge in [0.15, 0.2) is 0 Å². The van der Waals surface area contributed by atoms with Gasteiger partial charge in [-0.25, -0.2) is 0 Å². The lowest BCUT2D eigenvalue weighted by Crippen LogP contribution is -2.35. The Morgan fingerprint density at radius 3 is 2.39 bits per heavy atom. The molecule has 102 valence electrons. The summed E-state index contributed by atoms with van der Waals surface area (Å²) in [6, 6.07) is 8.77. The van der Waals surface area contributed by atoms with Gasteiger partial charge in [0.2, 0.25) is 0 Å². The van der Waals surface area contributed by atoms with E-state index in [1.807, 2.05) is 12.1 Å². The van der Waals surface area contributed by atoms with Crippen LogP contribution in [0.25, 0.3) is 0 Å². The van der Waals surface area contributed by atoms with Crippen LogP contribution in [0.5, 0.6) is 5.75 Å². The Morgan fingerprint density at radius 2 is 1.89 bits per heavy atom. The zero-order chi connectivity index (χ0) is 13.4. The zero-order valence-electron chi connectivity index (χ0n) is 11.6. The molecule has 0 radical (unpaired) electrons. The van der Waals surface area contributed by atoms with Crippen molar-refractivity contribution in [1.29, 1.82) is 0 Å². The van der Waals surface area contributed by atoms with Crippen LogP contribution in [0.1, 0.15) is 25.8 Å². The molecule has 0 spiro atoms. The van der Waals surface area contributed by atoms with Gasteiger partial charge in [-0.3, -0.25) is 0 Å². The van der Waals surface area contributed by atoms with Gasteiger partial charge in [-0.15, -0.1) is 11.6 Å². The van der Waals surface area contributed by atoms with E-state index in [4.69, 9.17) is 16.3 Å². The minimum Gasteiger partial charge on any atom is -0.497 e. The van der Waals surface area contributed by atoms with E-state index in [0.29, 0.717) is 12.0 Å². The first-order valence-corrected chi connectivity index (χ1v) is 7.13. The maximum atomic E-state index is 5.82. The second-order valence-electron chi connectivity index (χ2n) is 4.88. The van der Waals surface area contributed by atoms with Crippen molar-refractivity contribution in [3.05, 3.63) is 29.8 Å². The molecule has 0 saturated carbocycles. The van der Waals surface area contributed by atoms with E-state index in [9.17, 15) is 0 Å². The number of methoxy groups -OCH3 is 1. The molecule has 0 aromatic heterocycles. The Kier molecular flexibility index (Phi) is 7.14. The van der Waals surface area contributed by atoms with E-state index in [0.717, 1.165) is 31.0 Å². The van der Waals surface area contributed by atoms with Crippen LogP contribution in [0, 0.1) is 5.92 Å². The second kappa shape index (κ2) is 8.39. The zero-order valence-corrected chi connectivity index (χ0v) is 12.3. The first-order chi connectivity index (χ1) is 8.67. The summed E-state index contributed by atoms with van der Waals surface area (Å²) in [4.78, 5) is 0. The van der Waals surface area contributed by atoms with Crippen LogP contribution in [0.15, 0.2) is 24.3 Å². The van der Waals surface area contributed by atoms with Gasteiger partial charge in [0.05, 0.1) is 7.11 Å². The standard InChI is InChI=1S/C15H24ClNO/c1-12(2)15(8-10-16)17-11-9-13-4-6-14(18-3)7-5-13/h4-7,12,15,17H,8-11H2,1-3H3. The van der Waals surface area contributed by atoms with E-state index in [1.165, 1.54) is 5.56 Å². The normalized spacial score (nSPS) is 12.7. The SMILES string of the molecule is COc1ccc(CCNC(CCCl)C(C)C)cc1. The van der Waals surface area contributed by atoms with Gasteiger partial charge >= 0.3 is 0 Å². The summed E-state index contributed by atoms with van der Waals surface area (Å²) in [6.07, 6.45) is 2.07. The summed E-state index contributed by atoms with van der Waals surface area (Å²) in [6.45, 7) is 5.46. The topological polar surface area (TPSA) is 21.3 Å². The van der Waals surface area contributed by atoms with Crippen LogP contribution < -0.4 is 10.1 Å². The van der Waals surface area contributed by atoms with Gasteiger partial charge in [0, 0.05) is 11.9 Å². The molecule has 1 rings (SSSR count). The minimum absolute atomic E-state index is 0.515. The molecule has 0 aliphatic carbocycles. The highest BCUT2D eigenvalue weighted by molar-refractivity contribution is 6.17. The minimum atomic E-state index is 0.515. The van der Waals surface area contributed by atoms with Gasteiger partial charge < -0.3 is 10.1 Å². The monoisotopic (exact) mass is 269 g/mol. The average Bonchev–Trinajstić information content (AvgIpc) is 2.38. The Bertz CT molecular complexity index is 324. The van der Waals surface area contributed by atoms with Crippen molar-refractivity contribution in [3.63, 3.8) is 0 Å². The number of ether oxygens (including phenoxy) is 1. The van der Waals surface area contributed by atoms with Crippen molar-refractivity contribution in [1.82, 2.24) is 5.32 Å². The Labute approximate surface area is 116 Å². The van der Waals surface area contributed by atoms with E-state index < -0.39 is 0 Å². The van der Waals surface area contributed by atoms with Gasteiger partial charge in [0.1, 0.15) is 5.75 Å². The molecule has 1 unspecified atom stereocenters. The molecule has 0 aliphatic heterocycles. The lowest BCUT2D eigenvalue weighted by Gasteiger charge is -2.21. The van der Waals surface area contributed by atoms with Gasteiger partial charge in [-0.2, -0.15) is 0 Å². The van der Waals surface area contributed by atoms with E-state index >= 15 is 0 Å². The highest BCUT2D eigenvalue weighted by Gasteiger charge is 2.11. The maximum absolute atomic E-state index is 5.82. The van der Waals surface area contributed by atoms with E-state index in [1.54, 1.807) is 7.11 Å². The lowest BCUT2D eigenvalue weighted by molar-refractivity contribution is 0.393. The maximum Gasteiger partial charge on any atom is 0.118 e. The van der Waals surface area contributed by atoms with Crippen molar-refractivity contribution in [2.24, 2.45) is 5.92 Å². The summed E-state index contributed by atoms with van der Waals surface area (Å²) in [7, 11) is 1.69. The molecule has 1 atom stereocenters. The van der Waals surface area contributed by atoms with E-state index in [-0.39, 0.29) is 0 Å². The van der Waals surface area contributed by atoms with Gasteiger partial charge in [-0.1, -0.05) is 26.0 Å². The molecule has 1 aromatic rings. The number of hydrogen-bond acceptors (Lipinski definition) is 2. The van der Waals surface area contributed by atoms with Gasteiger partial charge in [-0.05, 0) is 43.0 Å². The van der Waals surface area contributed by atoms with Crippen molar-refractivity contribution >= 4 is 11.6 Å². The van der Waals surface area contributed by atoms with Crippen LogP contribution in [-0.4, -0.2) is 25.6 Å². The molecule has 1 aromatic carbocycles. The fourth-order valence-electron chi connectivity index (χ4n) is 1.98. The van der Waals surface area contributed by atoms with E-state index in [2.05, 4.69) is 31.3 Å². The number of rotatable bonds is 8. The number of benzene rings is 1. The van der Waals surface area contributed by atoms with Gasteiger partial charge in [0.25, 0.3) is 0 Å². The molecule has 18 heavy (non-hydrogen) atoms. The molecule has 0 bridgehead atoms. The molecule has 0 aliphatic rings. The Hall–Kier alpha value is -0.730. The van der Waals surface area contributed by atoms with Crippen molar-refractivity contribution < 1.29 is 4.74 Å². The first kappa shape index (κ1) is 15.3. The Balaban J connectivity index is 2.35. The van der Waals surface area contributed by atoms with Crippen LogP contribution in [0.4, 0.5) is 0 Å². The van der Waals surface area contributed by atoms with Crippen LogP contribution in [-0.2, 0) is 6.42 Å². The summed E-state index contributed by atoms with van der Waals surface area (Å²) >= 11 is 5.82. The third-order valence-electron chi connectivity index (χ3n) is 3.20. The molecule has 3 heteroatoms. The van der Waals surface area contributed by atoms with Crippen molar-refractivity contribution in [2.75, 3.05) is 19.5 Å². The fraction of sp³-hybridized carbons (Fsp3) is 0.600. The molecule has 0 amide bonds. The number of halogens is 1. The largest absolute Gasteiger partial charge is 0.497 e. The Morgan fingerprint density at radius 1 is 1.22 bits per heavy atom. The number of hydrogen-bond donors (Lipinski definition) is 1. The third kappa shape index (κ3) is 5.28. The number of nitrogens with one attached hydrogen (secondary N) is 1. The molecule has 1 N–H and O–H groups in total. The van der Waals surface area contributed by atoms with Crippen LogP contribution in [0.3, 0.4) is 0 Å². The summed E-state index contributed by atoms with van der Waals surface area (Å²) in [5.41, 5.74) is 1.33. The lowest BCUT2D eigenvalue weighted by atomic mass is 10.0. The fourth-order valence-corrected chi connectivity index (χ4v) is 2.22. The second-order valence-corrected chi connectivity index (χ2v) is 5.26. The molecule has 0 saturated heterocycles. The highest BCUT2D eigenvalue weighted by Crippen LogP contribution is 2.12. The quantitative estimate of drug-likeness (QED) is 0.730. The number of alkyl halides is 1. The molecule has 0 fully saturated rings. The predicted molar refractivity (Wildman–Crippen MR) is 78.7 cm³/mol. The summed E-state index contributed by atoms with van der Waals surface area (Å²) in [5.74, 6) is 2.26. The highest BCUT2D eigenvalue weighted by atomic mass is 35.5. The summed E-state index contributed by atoms with van der Waals surface area (Å²) < 4.78 is 5.14. The van der Waals surface area contributed by atoms with Crippen molar-refractivity contribution in [2.45, 2.75) is 32.7 Å². The third-order valence-corrected chi connectivity index (χ3v) is 3.42. The smallest absolute Gasteiger partial charge is 0.118 e. The van der Waals surface area contributed by atoms with Crippen LogP contribution >= 0.6 is 11.6 Å². The van der Waals surface area contributed by atoms with Crippen molar-refractivity contribution in [3.8, 4) is 5.75 Å². The molecule has 0 heterocycles. The first-order valence-electron chi connectivity index (χ1n) is 6.59. The predicted octanol–water partition coefficient (Wildman–Crippen LogP) is 3.48. The molecule has 2 nitrogen and oxygen atoms in total. The average molecular weight is 270 g/mol. The molecular weight excluding hydrogens is 246 g/mol. The van der Waals surface area contributed by atoms with Crippen LogP contribution in [0.2, 0.25) is 0 Å².